The Labute approximate surface area is 159 Å². The molecule has 1 saturated heterocycles. The smallest absolute Gasteiger partial charge is 0.387 e. The van der Waals surface area contributed by atoms with Gasteiger partial charge in [-0.05, 0) is 36.8 Å². The number of carbonyl (C=O) groups excluding carboxylic acids is 2. The summed E-state index contributed by atoms with van der Waals surface area (Å²) in [7, 11) is 0. The van der Waals surface area contributed by atoms with Gasteiger partial charge in [0.15, 0.2) is 0 Å². The van der Waals surface area contributed by atoms with E-state index >= 15 is 0 Å². The van der Waals surface area contributed by atoms with Gasteiger partial charge in [0.05, 0.1) is 4.88 Å². The molecule has 1 aromatic heterocycles. The molecule has 144 valence electrons. The molecule has 0 bridgehead atoms. The summed E-state index contributed by atoms with van der Waals surface area (Å²) in [5, 5.41) is 4.58. The Morgan fingerprint density at radius 1 is 1.22 bits per heavy atom. The van der Waals surface area contributed by atoms with E-state index < -0.39 is 12.7 Å². The maximum atomic E-state index is 12.7. The molecule has 1 unspecified atom stereocenters. The van der Waals surface area contributed by atoms with Crippen molar-refractivity contribution >= 4 is 23.2 Å². The van der Waals surface area contributed by atoms with Gasteiger partial charge >= 0.3 is 6.61 Å². The highest BCUT2D eigenvalue weighted by molar-refractivity contribution is 7.12. The Morgan fingerprint density at radius 3 is 2.78 bits per heavy atom. The summed E-state index contributed by atoms with van der Waals surface area (Å²) in [5.41, 5.74) is 0.457. The van der Waals surface area contributed by atoms with Gasteiger partial charge in [-0.15, -0.1) is 11.3 Å². The zero-order valence-corrected chi connectivity index (χ0v) is 15.4. The van der Waals surface area contributed by atoms with Crippen LogP contribution in [-0.4, -0.2) is 35.9 Å². The predicted octanol–water partition coefficient (Wildman–Crippen LogP) is 3.66. The number of carbonyl (C=O) groups is 2. The molecule has 1 atom stereocenters. The van der Waals surface area contributed by atoms with E-state index in [1.54, 1.807) is 35.2 Å². The standard InChI is InChI=1S/C19H20F2N2O3S/c20-19(21)26-15-8-2-1-6-13(15)12-22-17(24)14-7-3-4-10-23(14)18(25)16-9-5-11-27-16/h1-2,5-6,8-9,11,14,19H,3-4,7,10,12H2,(H,22,24). The van der Waals surface area contributed by atoms with Crippen molar-refractivity contribution in [3.05, 3.63) is 52.2 Å². The van der Waals surface area contributed by atoms with Gasteiger partial charge in [0.1, 0.15) is 11.8 Å². The maximum absolute atomic E-state index is 12.7. The summed E-state index contributed by atoms with van der Waals surface area (Å²) in [4.78, 5) is 27.6. The summed E-state index contributed by atoms with van der Waals surface area (Å²) < 4.78 is 29.5. The molecule has 1 N–H and O–H groups in total. The molecule has 1 aliphatic heterocycles. The number of rotatable bonds is 6. The number of benzene rings is 1. The molecule has 0 aliphatic carbocycles. The first-order valence-corrected chi connectivity index (χ1v) is 9.59. The average molecular weight is 394 g/mol. The van der Waals surface area contributed by atoms with E-state index in [2.05, 4.69) is 10.1 Å². The molecule has 2 aromatic rings. The van der Waals surface area contributed by atoms with Crippen LogP contribution in [0.1, 0.15) is 34.5 Å². The monoisotopic (exact) mass is 394 g/mol. The van der Waals surface area contributed by atoms with Crippen molar-refractivity contribution in [1.82, 2.24) is 10.2 Å². The first-order valence-electron chi connectivity index (χ1n) is 8.71. The quantitative estimate of drug-likeness (QED) is 0.814. The van der Waals surface area contributed by atoms with Gasteiger partial charge in [-0.25, -0.2) is 0 Å². The van der Waals surface area contributed by atoms with E-state index in [1.165, 1.54) is 17.4 Å². The maximum Gasteiger partial charge on any atom is 0.387 e. The SMILES string of the molecule is O=C(NCc1ccccc1OC(F)F)C1CCCCN1C(=O)c1cccs1. The van der Waals surface area contributed by atoms with Crippen LogP contribution in [0.15, 0.2) is 41.8 Å². The molecule has 1 fully saturated rings. The third kappa shape index (κ3) is 4.82. The number of piperidine rings is 1. The van der Waals surface area contributed by atoms with Crippen molar-refractivity contribution in [2.75, 3.05) is 6.54 Å². The lowest BCUT2D eigenvalue weighted by Gasteiger charge is -2.34. The summed E-state index contributed by atoms with van der Waals surface area (Å²) >= 11 is 1.35. The number of amides is 2. The van der Waals surface area contributed by atoms with Crippen molar-refractivity contribution in [3.63, 3.8) is 0 Å². The molecule has 5 nitrogen and oxygen atoms in total. The van der Waals surface area contributed by atoms with Crippen LogP contribution in [0.5, 0.6) is 5.75 Å². The van der Waals surface area contributed by atoms with Crippen LogP contribution >= 0.6 is 11.3 Å². The molecule has 27 heavy (non-hydrogen) atoms. The van der Waals surface area contributed by atoms with Crippen molar-refractivity contribution in [2.45, 2.75) is 38.5 Å². The summed E-state index contributed by atoms with van der Waals surface area (Å²) in [6, 6.07) is 9.31. The van der Waals surface area contributed by atoms with Crippen LogP contribution in [0.2, 0.25) is 0 Å². The fourth-order valence-electron chi connectivity index (χ4n) is 3.15. The second kappa shape index (κ2) is 8.94. The van der Waals surface area contributed by atoms with Gasteiger partial charge in [0.25, 0.3) is 5.91 Å². The lowest BCUT2D eigenvalue weighted by molar-refractivity contribution is -0.126. The highest BCUT2D eigenvalue weighted by Gasteiger charge is 2.32. The molecule has 0 saturated carbocycles. The Balaban J connectivity index is 1.67. The predicted molar refractivity (Wildman–Crippen MR) is 97.9 cm³/mol. The van der Waals surface area contributed by atoms with Gasteiger partial charge in [0, 0.05) is 18.7 Å². The van der Waals surface area contributed by atoms with Gasteiger partial charge in [-0.3, -0.25) is 9.59 Å². The number of hydrogen-bond donors (Lipinski definition) is 1. The van der Waals surface area contributed by atoms with Gasteiger partial charge < -0.3 is 15.0 Å². The van der Waals surface area contributed by atoms with Gasteiger partial charge in [-0.2, -0.15) is 8.78 Å². The molecule has 0 radical (unpaired) electrons. The number of nitrogens with zero attached hydrogens (tertiary/aromatic N) is 1. The molecule has 1 aromatic carbocycles. The molecular weight excluding hydrogens is 374 g/mol. The molecule has 8 heteroatoms. The fourth-order valence-corrected chi connectivity index (χ4v) is 3.83. The minimum Gasteiger partial charge on any atom is -0.434 e. The molecule has 2 heterocycles. The third-order valence-electron chi connectivity index (χ3n) is 4.44. The zero-order valence-electron chi connectivity index (χ0n) is 14.6. The highest BCUT2D eigenvalue weighted by Crippen LogP contribution is 2.23. The molecule has 2 amide bonds. The second-order valence-corrected chi connectivity index (χ2v) is 7.14. The topological polar surface area (TPSA) is 58.6 Å². The van der Waals surface area contributed by atoms with Crippen LogP contribution < -0.4 is 10.1 Å². The summed E-state index contributed by atoms with van der Waals surface area (Å²) in [6.45, 7) is -2.35. The Hall–Kier alpha value is -2.48. The Kier molecular flexibility index (Phi) is 6.39. The Bertz CT molecular complexity index is 783. The second-order valence-electron chi connectivity index (χ2n) is 6.19. The number of alkyl halides is 2. The number of hydrogen-bond acceptors (Lipinski definition) is 4. The summed E-state index contributed by atoms with van der Waals surface area (Å²) in [6.07, 6.45) is 2.29. The first kappa shape index (κ1) is 19.3. The zero-order chi connectivity index (χ0) is 19.2. The Morgan fingerprint density at radius 2 is 2.04 bits per heavy atom. The van der Waals surface area contributed by atoms with Crippen molar-refractivity contribution in [1.29, 1.82) is 0 Å². The lowest BCUT2D eigenvalue weighted by Crippen LogP contribution is -2.51. The molecule has 3 rings (SSSR count). The van der Waals surface area contributed by atoms with Gasteiger partial charge in [0.2, 0.25) is 5.91 Å². The lowest BCUT2D eigenvalue weighted by atomic mass is 10.0. The van der Waals surface area contributed by atoms with Crippen LogP contribution in [0.25, 0.3) is 0 Å². The number of nitrogens with one attached hydrogen (secondary N) is 1. The highest BCUT2D eigenvalue weighted by atomic mass is 32.1. The molecule has 1 aliphatic rings. The van der Waals surface area contributed by atoms with E-state index in [9.17, 15) is 18.4 Å². The number of halogens is 2. The number of para-hydroxylation sites is 1. The normalized spacial score (nSPS) is 17.0. The van der Waals surface area contributed by atoms with Crippen LogP contribution in [0.4, 0.5) is 8.78 Å². The largest absolute Gasteiger partial charge is 0.434 e. The third-order valence-corrected chi connectivity index (χ3v) is 5.30. The first-order chi connectivity index (χ1) is 13.1. The van der Waals surface area contributed by atoms with Crippen molar-refractivity contribution in [3.8, 4) is 5.75 Å². The van der Waals surface area contributed by atoms with Crippen LogP contribution in [0, 0.1) is 0 Å². The van der Waals surface area contributed by atoms with E-state index in [1.807, 2.05) is 5.38 Å². The number of likely N-dealkylation sites (tertiary alicyclic amines) is 1. The number of ether oxygens (including phenoxy) is 1. The van der Waals surface area contributed by atoms with Crippen molar-refractivity contribution in [2.24, 2.45) is 0 Å². The van der Waals surface area contributed by atoms with E-state index in [0.717, 1.165) is 12.8 Å². The van der Waals surface area contributed by atoms with E-state index in [-0.39, 0.29) is 24.1 Å². The molecule has 0 spiro atoms. The van der Waals surface area contributed by atoms with Crippen molar-refractivity contribution < 1.29 is 23.1 Å². The fraction of sp³-hybridized carbons (Fsp3) is 0.368. The summed E-state index contributed by atoms with van der Waals surface area (Å²) in [5.74, 6) is -0.402. The van der Waals surface area contributed by atoms with Crippen LogP contribution in [-0.2, 0) is 11.3 Å². The van der Waals surface area contributed by atoms with E-state index in [4.69, 9.17) is 0 Å². The van der Waals surface area contributed by atoms with E-state index in [0.29, 0.717) is 23.4 Å². The minimum atomic E-state index is -2.93. The average Bonchev–Trinajstić information content (AvgIpc) is 3.21. The van der Waals surface area contributed by atoms with Crippen LogP contribution in [0.3, 0.4) is 0 Å². The van der Waals surface area contributed by atoms with Gasteiger partial charge in [-0.1, -0.05) is 24.3 Å². The number of thiophene rings is 1. The molecular formula is C19H20F2N2O3S. The minimum absolute atomic E-state index is 0.0305.